The molecular weight excluding hydrogens is 262 g/mol. The summed E-state index contributed by atoms with van der Waals surface area (Å²) in [7, 11) is 0. The van der Waals surface area contributed by atoms with Gasteiger partial charge in [-0.2, -0.15) is 0 Å². The second kappa shape index (κ2) is 6.43. The molecule has 5 nitrogen and oxygen atoms in total. The topological polar surface area (TPSA) is 69.2 Å². The van der Waals surface area contributed by atoms with E-state index in [0.717, 1.165) is 24.8 Å². The minimum absolute atomic E-state index is 0.0818. The Morgan fingerprint density at radius 2 is 1.90 bits per heavy atom. The number of rotatable bonds is 4. The monoisotopic (exact) mass is 287 g/mol. The molecule has 0 saturated carbocycles. The summed E-state index contributed by atoms with van der Waals surface area (Å²) in [5, 5.41) is 7.40. The zero-order valence-electron chi connectivity index (χ0n) is 12.6. The number of nitrogens with zero attached hydrogens (tertiary/aromatic N) is 3. The van der Waals surface area contributed by atoms with Gasteiger partial charge >= 0.3 is 0 Å². The summed E-state index contributed by atoms with van der Waals surface area (Å²) < 4.78 is 0. The molecule has 0 spiro atoms. The first kappa shape index (κ1) is 14.3. The highest BCUT2D eigenvalue weighted by atomic mass is 15.2. The first-order chi connectivity index (χ1) is 10.2. The second-order valence-corrected chi connectivity index (χ2v) is 6.26. The van der Waals surface area contributed by atoms with E-state index in [4.69, 9.17) is 11.1 Å². The fourth-order valence-corrected chi connectivity index (χ4v) is 3.41. The van der Waals surface area contributed by atoms with Crippen molar-refractivity contribution in [2.24, 2.45) is 11.7 Å². The zero-order valence-corrected chi connectivity index (χ0v) is 12.6. The van der Waals surface area contributed by atoms with Gasteiger partial charge in [0.2, 0.25) is 0 Å². The van der Waals surface area contributed by atoms with Crippen LogP contribution in [-0.4, -0.2) is 48.4 Å². The van der Waals surface area contributed by atoms with Gasteiger partial charge in [-0.15, -0.1) is 0 Å². The smallest absolute Gasteiger partial charge is 0.128 e. The van der Waals surface area contributed by atoms with Crippen LogP contribution in [0.4, 0.5) is 5.82 Å². The lowest BCUT2D eigenvalue weighted by Crippen LogP contribution is -2.38. The number of hydrogen-bond acceptors (Lipinski definition) is 4. The lowest BCUT2D eigenvalue weighted by molar-refractivity contribution is 0.249. The Kier molecular flexibility index (Phi) is 4.39. The summed E-state index contributed by atoms with van der Waals surface area (Å²) in [5.41, 5.74) is 6.16. The van der Waals surface area contributed by atoms with E-state index in [1.165, 1.54) is 45.3 Å². The Bertz CT molecular complexity index is 470. The van der Waals surface area contributed by atoms with Crippen molar-refractivity contribution in [2.45, 2.75) is 25.7 Å². The summed E-state index contributed by atoms with van der Waals surface area (Å²) >= 11 is 0. The molecule has 3 rings (SSSR count). The van der Waals surface area contributed by atoms with Gasteiger partial charge in [-0.3, -0.25) is 5.41 Å². The van der Waals surface area contributed by atoms with Gasteiger partial charge in [0.1, 0.15) is 11.7 Å². The number of likely N-dealkylation sites (tertiary alicyclic amines) is 1. The summed E-state index contributed by atoms with van der Waals surface area (Å²) in [6.07, 6.45) is 6.98. The Hall–Kier alpha value is -1.62. The molecule has 2 aliphatic heterocycles. The van der Waals surface area contributed by atoms with Gasteiger partial charge in [0.15, 0.2) is 0 Å². The highest BCUT2D eigenvalue weighted by Crippen LogP contribution is 2.23. The SMILES string of the molecule is N=C(N)c1ccc(N2CCC(CN3CCCC3)CC2)nc1. The van der Waals surface area contributed by atoms with Gasteiger partial charge < -0.3 is 15.5 Å². The van der Waals surface area contributed by atoms with E-state index in [0.29, 0.717) is 5.56 Å². The molecule has 0 radical (unpaired) electrons. The van der Waals surface area contributed by atoms with E-state index in [1.54, 1.807) is 6.20 Å². The van der Waals surface area contributed by atoms with Crippen LogP contribution < -0.4 is 10.6 Å². The molecule has 0 aromatic carbocycles. The van der Waals surface area contributed by atoms with Crippen LogP contribution in [0.3, 0.4) is 0 Å². The van der Waals surface area contributed by atoms with Crippen LogP contribution in [0.25, 0.3) is 0 Å². The maximum Gasteiger partial charge on any atom is 0.128 e. The Morgan fingerprint density at radius 3 is 2.48 bits per heavy atom. The van der Waals surface area contributed by atoms with Gasteiger partial charge in [0.25, 0.3) is 0 Å². The fourth-order valence-electron chi connectivity index (χ4n) is 3.41. The molecule has 0 aliphatic carbocycles. The van der Waals surface area contributed by atoms with Gasteiger partial charge in [-0.25, -0.2) is 4.98 Å². The summed E-state index contributed by atoms with van der Waals surface area (Å²) in [4.78, 5) is 9.42. The predicted octanol–water partition coefficient (Wildman–Crippen LogP) is 1.68. The summed E-state index contributed by atoms with van der Waals surface area (Å²) in [5.74, 6) is 1.94. The highest BCUT2D eigenvalue weighted by Gasteiger charge is 2.23. The minimum Gasteiger partial charge on any atom is -0.384 e. The second-order valence-electron chi connectivity index (χ2n) is 6.26. The fraction of sp³-hybridized carbons (Fsp3) is 0.625. The Labute approximate surface area is 126 Å². The number of pyridine rings is 1. The van der Waals surface area contributed by atoms with Crippen molar-refractivity contribution in [1.82, 2.24) is 9.88 Å². The first-order valence-electron chi connectivity index (χ1n) is 8.00. The van der Waals surface area contributed by atoms with Crippen LogP contribution in [0.15, 0.2) is 18.3 Å². The van der Waals surface area contributed by atoms with Crippen molar-refractivity contribution in [3.63, 3.8) is 0 Å². The number of piperidine rings is 1. The largest absolute Gasteiger partial charge is 0.384 e. The molecule has 2 aliphatic rings. The van der Waals surface area contributed by atoms with Crippen molar-refractivity contribution in [1.29, 1.82) is 5.41 Å². The van der Waals surface area contributed by atoms with E-state index in [9.17, 15) is 0 Å². The standard InChI is InChI=1S/C16H25N5/c17-16(18)14-3-4-15(19-11-14)21-9-5-13(6-10-21)12-20-7-1-2-8-20/h3-4,11,13H,1-2,5-10,12H2,(H3,17,18). The quantitative estimate of drug-likeness (QED) is 0.653. The molecule has 21 heavy (non-hydrogen) atoms. The van der Waals surface area contributed by atoms with Crippen molar-refractivity contribution in [3.8, 4) is 0 Å². The van der Waals surface area contributed by atoms with Crippen LogP contribution >= 0.6 is 0 Å². The first-order valence-corrected chi connectivity index (χ1v) is 8.00. The maximum absolute atomic E-state index is 7.40. The van der Waals surface area contributed by atoms with Crippen molar-refractivity contribution in [3.05, 3.63) is 23.9 Å². The zero-order chi connectivity index (χ0) is 14.7. The highest BCUT2D eigenvalue weighted by molar-refractivity contribution is 5.94. The van der Waals surface area contributed by atoms with Crippen LogP contribution in [0.2, 0.25) is 0 Å². The van der Waals surface area contributed by atoms with E-state index >= 15 is 0 Å². The maximum atomic E-state index is 7.40. The average molecular weight is 287 g/mol. The Balaban J connectivity index is 1.51. The predicted molar refractivity (Wildman–Crippen MR) is 85.9 cm³/mol. The van der Waals surface area contributed by atoms with Crippen LogP contribution in [0.1, 0.15) is 31.2 Å². The molecule has 2 saturated heterocycles. The lowest BCUT2D eigenvalue weighted by Gasteiger charge is -2.34. The van der Waals surface area contributed by atoms with E-state index in [1.807, 2.05) is 12.1 Å². The van der Waals surface area contributed by atoms with E-state index < -0.39 is 0 Å². The van der Waals surface area contributed by atoms with Crippen molar-refractivity contribution < 1.29 is 0 Å². The number of nitrogens with two attached hydrogens (primary N) is 1. The molecular formula is C16H25N5. The molecule has 1 aromatic rings. The minimum atomic E-state index is 0.0818. The van der Waals surface area contributed by atoms with Gasteiger partial charge in [0.05, 0.1) is 0 Å². The van der Waals surface area contributed by atoms with Crippen molar-refractivity contribution in [2.75, 3.05) is 37.6 Å². The van der Waals surface area contributed by atoms with Crippen LogP contribution in [0.5, 0.6) is 0 Å². The number of aromatic nitrogens is 1. The van der Waals surface area contributed by atoms with Crippen LogP contribution in [0, 0.1) is 11.3 Å². The number of nitrogen functional groups attached to an aromatic ring is 1. The number of hydrogen-bond donors (Lipinski definition) is 2. The molecule has 0 atom stereocenters. The summed E-state index contributed by atoms with van der Waals surface area (Å²) in [6, 6.07) is 3.87. The third-order valence-corrected chi connectivity index (χ3v) is 4.71. The average Bonchev–Trinajstić information content (AvgIpc) is 3.01. The molecule has 0 bridgehead atoms. The third kappa shape index (κ3) is 3.53. The third-order valence-electron chi connectivity index (χ3n) is 4.71. The molecule has 0 amide bonds. The molecule has 1 aromatic heterocycles. The molecule has 5 heteroatoms. The molecule has 0 unspecified atom stereocenters. The molecule has 3 N–H and O–H groups in total. The summed E-state index contributed by atoms with van der Waals surface area (Å²) in [6.45, 7) is 6.06. The molecule has 114 valence electrons. The number of anilines is 1. The van der Waals surface area contributed by atoms with E-state index in [-0.39, 0.29) is 5.84 Å². The van der Waals surface area contributed by atoms with Gasteiger partial charge in [-0.1, -0.05) is 0 Å². The lowest BCUT2D eigenvalue weighted by atomic mass is 9.96. The van der Waals surface area contributed by atoms with Crippen molar-refractivity contribution >= 4 is 11.7 Å². The molecule has 3 heterocycles. The normalized spacial score (nSPS) is 20.9. The number of nitrogens with one attached hydrogen (secondary N) is 1. The number of amidine groups is 1. The Morgan fingerprint density at radius 1 is 1.19 bits per heavy atom. The van der Waals surface area contributed by atoms with Gasteiger partial charge in [0, 0.05) is 31.4 Å². The van der Waals surface area contributed by atoms with Gasteiger partial charge in [-0.05, 0) is 56.8 Å². The van der Waals surface area contributed by atoms with E-state index in [2.05, 4.69) is 14.8 Å². The molecule has 2 fully saturated rings. The van der Waals surface area contributed by atoms with Crippen LogP contribution in [-0.2, 0) is 0 Å².